The van der Waals surface area contributed by atoms with Crippen molar-refractivity contribution in [1.82, 2.24) is 0 Å². The average molecular weight is 441 g/mol. The lowest BCUT2D eigenvalue weighted by molar-refractivity contribution is -0.00557. The average Bonchev–Trinajstić information content (AvgIpc) is 2.81. The number of methoxy groups -OCH3 is 1. The Hall–Kier alpha value is -3.14. The number of carbonyl (C=O) groups excluding carboxylic acids is 1. The number of ether oxygens (including phenoxy) is 1. The molecule has 33 heavy (non-hydrogen) atoms. The van der Waals surface area contributed by atoms with Crippen molar-refractivity contribution in [3.05, 3.63) is 76.9 Å². The van der Waals surface area contributed by atoms with Crippen LogP contribution >= 0.6 is 0 Å². The molecule has 0 spiro atoms. The predicted octanol–water partition coefficient (Wildman–Crippen LogP) is 6.25. The summed E-state index contributed by atoms with van der Waals surface area (Å²) in [6, 6.07) is 16.6. The second-order valence-electron chi connectivity index (χ2n) is 10.5. The fourth-order valence-electron chi connectivity index (χ4n) is 7.40. The molecule has 0 radical (unpaired) electrons. The van der Waals surface area contributed by atoms with Gasteiger partial charge < -0.3 is 9.84 Å². The van der Waals surface area contributed by atoms with Gasteiger partial charge in [-0.2, -0.15) is 0 Å². The van der Waals surface area contributed by atoms with Crippen molar-refractivity contribution in [2.45, 2.75) is 43.9 Å². The topological polar surface area (TPSA) is 63.6 Å². The minimum Gasteiger partial charge on any atom is -0.497 e. The van der Waals surface area contributed by atoms with Crippen LogP contribution in [-0.4, -0.2) is 24.0 Å². The van der Waals surface area contributed by atoms with Crippen molar-refractivity contribution in [1.29, 1.82) is 0 Å². The molecule has 0 saturated heterocycles. The van der Waals surface area contributed by atoms with Gasteiger partial charge in [-0.3, -0.25) is 4.79 Å². The summed E-state index contributed by atoms with van der Waals surface area (Å²) in [5, 5.41) is 11.0. The molecule has 4 aliphatic rings. The van der Waals surface area contributed by atoms with Crippen LogP contribution in [0.5, 0.6) is 5.75 Å². The molecule has 7 rings (SSSR count). The van der Waals surface area contributed by atoms with E-state index < -0.39 is 5.97 Å². The van der Waals surface area contributed by atoms with Crippen LogP contribution in [0.1, 0.15) is 70.4 Å². The number of fused-ring (bicyclic) bond motifs is 1. The predicted molar refractivity (Wildman–Crippen MR) is 127 cm³/mol. The molecule has 4 nitrogen and oxygen atoms in total. The van der Waals surface area contributed by atoms with Gasteiger partial charge in [-0.25, -0.2) is 4.79 Å². The molecular weight excluding hydrogens is 412 g/mol. The SMILES string of the molecule is COc1ccc(C(=O)c2ccc3cc(C(=O)O)ccc3c2)c(C23CC4CC(CC(C4)C2)C3)c1. The van der Waals surface area contributed by atoms with Crippen molar-refractivity contribution in [3.8, 4) is 5.75 Å². The van der Waals surface area contributed by atoms with E-state index in [0.29, 0.717) is 5.56 Å². The monoisotopic (exact) mass is 440 g/mol. The van der Waals surface area contributed by atoms with E-state index in [1.54, 1.807) is 25.3 Å². The van der Waals surface area contributed by atoms with E-state index in [1.807, 2.05) is 30.3 Å². The second kappa shape index (κ2) is 7.44. The van der Waals surface area contributed by atoms with Gasteiger partial charge in [0.25, 0.3) is 0 Å². The van der Waals surface area contributed by atoms with Gasteiger partial charge in [0, 0.05) is 11.1 Å². The standard InChI is InChI=1S/C29H28O4/c1-33-24-6-7-25(26(13-24)29-14-17-8-18(15-29)10-19(9-17)16-29)27(30)22-4-2-21-12-23(28(31)32)5-3-20(21)11-22/h2-7,11-13,17-19H,8-10,14-16H2,1H3,(H,31,32). The Kier molecular flexibility index (Phi) is 4.62. The lowest BCUT2D eigenvalue weighted by Crippen LogP contribution is -2.49. The van der Waals surface area contributed by atoms with E-state index in [1.165, 1.54) is 44.1 Å². The number of rotatable bonds is 5. The molecule has 0 amide bonds. The molecule has 4 bridgehead atoms. The maximum atomic E-state index is 13.8. The second-order valence-corrected chi connectivity index (χ2v) is 10.5. The Morgan fingerprint density at radius 2 is 1.39 bits per heavy atom. The van der Waals surface area contributed by atoms with Crippen LogP contribution in [0.15, 0.2) is 54.6 Å². The first-order valence-corrected chi connectivity index (χ1v) is 11.9. The first-order chi connectivity index (χ1) is 15.9. The number of aromatic carboxylic acids is 1. The van der Waals surface area contributed by atoms with E-state index in [4.69, 9.17) is 4.74 Å². The van der Waals surface area contributed by atoms with E-state index in [9.17, 15) is 14.7 Å². The van der Waals surface area contributed by atoms with Gasteiger partial charge in [-0.15, -0.1) is 0 Å². The number of hydrogen-bond donors (Lipinski definition) is 1. The van der Waals surface area contributed by atoms with Gasteiger partial charge in [-0.1, -0.05) is 18.2 Å². The number of ketones is 1. The third-order valence-corrected chi connectivity index (χ3v) is 8.43. The molecule has 0 atom stereocenters. The molecule has 1 N–H and O–H groups in total. The number of carboxylic acids is 1. The smallest absolute Gasteiger partial charge is 0.335 e. The highest BCUT2D eigenvalue weighted by molar-refractivity contribution is 6.12. The molecular formula is C29H28O4. The van der Waals surface area contributed by atoms with Crippen LogP contribution in [-0.2, 0) is 5.41 Å². The Bertz CT molecular complexity index is 1250. The summed E-state index contributed by atoms with van der Waals surface area (Å²) in [4.78, 5) is 25.1. The molecule has 4 heteroatoms. The molecule has 4 aliphatic carbocycles. The van der Waals surface area contributed by atoms with E-state index in [0.717, 1.165) is 39.8 Å². The van der Waals surface area contributed by atoms with Gasteiger partial charge in [0.1, 0.15) is 5.75 Å². The van der Waals surface area contributed by atoms with E-state index >= 15 is 0 Å². The molecule has 4 saturated carbocycles. The van der Waals surface area contributed by atoms with Crippen molar-refractivity contribution >= 4 is 22.5 Å². The van der Waals surface area contributed by atoms with E-state index in [-0.39, 0.29) is 16.8 Å². The van der Waals surface area contributed by atoms with Gasteiger partial charge in [-0.05, 0) is 114 Å². The zero-order valence-electron chi connectivity index (χ0n) is 18.8. The highest BCUT2D eigenvalue weighted by Crippen LogP contribution is 2.61. The van der Waals surface area contributed by atoms with Crippen LogP contribution in [0, 0.1) is 17.8 Å². The summed E-state index contributed by atoms with van der Waals surface area (Å²) in [6.45, 7) is 0. The van der Waals surface area contributed by atoms with Gasteiger partial charge >= 0.3 is 5.97 Å². The molecule has 0 heterocycles. The van der Waals surface area contributed by atoms with Gasteiger partial charge in [0.2, 0.25) is 0 Å². The summed E-state index contributed by atoms with van der Waals surface area (Å²) in [7, 11) is 1.69. The highest BCUT2D eigenvalue weighted by atomic mass is 16.5. The normalized spacial score (nSPS) is 27.6. The van der Waals surface area contributed by atoms with E-state index in [2.05, 4.69) is 6.07 Å². The molecule has 168 valence electrons. The van der Waals surface area contributed by atoms with Crippen molar-refractivity contribution < 1.29 is 19.4 Å². The summed E-state index contributed by atoms with van der Waals surface area (Å²) in [5.41, 5.74) is 2.94. The van der Waals surface area contributed by atoms with Crippen LogP contribution in [0.25, 0.3) is 10.8 Å². The molecule has 0 unspecified atom stereocenters. The van der Waals surface area contributed by atoms with Crippen molar-refractivity contribution in [3.63, 3.8) is 0 Å². The Morgan fingerprint density at radius 1 is 0.818 bits per heavy atom. The van der Waals surface area contributed by atoms with Gasteiger partial charge in [0.05, 0.1) is 12.7 Å². The van der Waals surface area contributed by atoms with Crippen LogP contribution < -0.4 is 4.74 Å². The number of carbonyl (C=O) groups is 2. The maximum absolute atomic E-state index is 13.8. The molecule has 3 aromatic carbocycles. The maximum Gasteiger partial charge on any atom is 0.335 e. The number of benzene rings is 3. The largest absolute Gasteiger partial charge is 0.497 e. The minimum atomic E-state index is -0.949. The van der Waals surface area contributed by atoms with Crippen molar-refractivity contribution in [2.75, 3.05) is 7.11 Å². The number of carboxylic acid groups (broad SMARTS) is 1. The Morgan fingerprint density at radius 3 is 1.97 bits per heavy atom. The quantitative estimate of drug-likeness (QED) is 0.477. The molecule has 3 aromatic rings. The number of hydrogen-bond acceptors (Lipinski definition) is 3. The molecule has 4 fully saturated rings. The van der Waals surface area contributed by atoms with Crippen LogP contribution in [0.3, 0.4) is 0 Å². The lowest BCUT2D eigenvalue weighted by atomic mass is 9.47. The first-order valence-electron chi connectivity index (χ1n) is 11.9. The Balaban J connectivity index is 1.43. The lowest BCUT2D eigenvalue weighted by Gasteiger charge is -2.57. The summed E-state index contributed by atoms with van der Waals surface area (Å²) < 4.78 is 5.59. The van der Waals surface area contributed by atoms with Gasteiger partial charge in [0.15, 0.2) is 5.78 Å². The summed E-state index contributed by atoms with van der Waals surface area (Å²) >= 11 is 0. The third-order valence-electron chi connectivity index (χ3n) is 8.43. The van der Waals surface area contributed by atoms with Crippen molar-refractivity contribution in [2.24, 2.45) is 17.8 Å². The fourth-order valence-corrected chi connectivity index (χ4v) is 7.40. The first kappa shape index (κ1) is 20.5. The summed E-state index contributed by atoms with van der Waals surface area (Å²) in [6.07, 6.45) is 7.62. The zero-order chi connectivity index (χ0) is 22.7. The highest BCUT2D eigenvalue weighted by Gasteiger charge is 2.52. The zero-order valence-corrected chi connectivity index (χ0v) is 18.8. The third kappa shape index (κ3) is 3.35. The Labute approximate surface area is 193 Å². The molecule has 0 aromatic heterocycles. The fraction of sp³-hybridized carbons (Fsp3) is 0.379. The minimum absolute atomic E-state index is 0.0348. The molecule has 0 aliphatic heterocycles. The van der Waals surface area contributed by atoms with Crippen LogP contribution in [0.4, 0.5) is 0 Å². The van der Waals surface area contributed by atoms with Crippen LogP contribution in [0.2, 0.25) is 0 Å². The summed E-state index contributed by atoms with van der Waals surface area (Å²) in [5.74, 6) is 2.26.